The number of anilines is 1. The zero-order valence-corrected chi connectivity index (χ0v) is 19.2. The third kappa shape index (κ3) is 5.10. The number of nitrogens with one attached hydrogen (secondary N) is 1. The predicted octanol–water partition coefficient (Wildman–Crippen LogP) is 6.17. The Morgan fingerprint density at radius 2 is 1.52 bits per heavy atom. The van der Waals surface area contributed by atoms with E-state index in [0.29, 0.717) is 29.8 Å². The summed E-state index contributed by atoms with van der Waals surface area (Å²) in [6.45, 7) is 1.48. The van der Waals surface area contributed by atoms with Crippen LogP contribution in [0.4, 0.5) is 10.2 Å². The summed E-state index contributed by atoms with van der Waals surface area (Å²) in [6.07, 6.45) is 12.4. The fraction of sp³-hybridized carbons (Fsp3) is 0.519. The number of nitrogens with zero attached hydrogens (tertiary/aromatic N) is 3. The van der Waals surface area contributed by atoms with Crippen molar-refractivity contribution in [3.63, 3.8) is 0 Å². The van der Waals surface area contributed by atoms with E-state index in [1.54, 1.807) is 12.1 Å². The van der Waals surface area contributed by atoms with Gasteiger partial charge < -0.3 is 5.32 Å². The van der Waals surface area contributed by atoms with Crippen molar-refractivity contribution in [1.82, 2.24) is 14.5 Å². The molecule has 2 aliphatic rings. The fourth-order valence-electron chi connectivity index (χ4n) is 5.45. The van der Waals surface area contributed by atoms with Crippen LogP contribution in [0.3, 0.4) is 0 Å². The molecule has 2 aliphatic carbocycles. The molecule has 5 rings (SSSR count). The zero-order chi connectivity index (χ0) is 22.6. The predicted molar refractivity (Wildman–Crippen MR) is 131 cm³/mol. The van der Waals surface area contributed by atoms with Crippen molar-refractivity contribution < 1.29 is 4.39 Å². The summed E-state index contributed by atoms with van der Waals surface area (Å²) in [6, 6.07) is 10.2. The standard InChI is InChI=1S/C27H33FN4O/c28-22-13-11-21(12-14-22)23-15-16-24-26(31-23)32(18-20-9-5-2-6-10-20)27(33)25(30-24)29-17-19-7-3-1-4-8-19/h11-16,19-20H,1-10,17-18H2,(H,29,30). The number of fused-ring (bicyclic) bond motifs is 1. The summed E-state index contributed by atoms with van der Waals surface area (Å²) >= 11 is 0. The maximum Gasteiger partial charge on any atom is 0.294 e. The first kappa shape index (κ1) is 22.1. The molecular formula is C27H33FN4O. The molecule has 2 fully saturated rings. The summed E-state index contributed by atoms with van der Waals surface area (Å²) < 4.78 is 15.2. The van der Waals surface area contributed by atoms with Crippen LogP contribution in [-0.2, 0) is 6.54 Å². The Hall–Kier alpha value is -2.76. The number of pyridine rings is 1. The molecule has 1 aromatic carbocycles. The second kappa shape index (κ2) is 10.0. The summed E-state index contributed by atoms with van der Waals surface area (Å²) in [5.74, 6) is 1.27. The lowest BCUT2D eigenvalue weighted by molar-refractivity contribution is 0.319. The summed E-state index contributed by atoms with van der Waals surface area (Å²) in [7, 11) is 0. The third-order valence-corrected chi connectivity index (χ3v) is 7.38. The van der Waals surface area contributed by atoms with Gasteiger partial charge in [-0.05, 0) is 73.9 Å². The van der Waals surface area contributed by atoms with Gasteiger partial charge >= 0.3 is 0 Å². The quantitative estimate of drug-likeness (QED) is 0.490. The van der Waals surface area contributed by atoms with Crippen LogP contribution in [0.15, 0.2) is 41.2 Å². The van der Waals surface area contributed by atoms with Crippen molar-refractivity contribution in [2.45, 2.75) is 70.8 Å². The zero-order valence-electron chi connectivity index (χ0n) is 19.2. The lowest BCUT2D eigenvalue weighted by atomic mass is 9.89. The SMILES string of the molecule is O=c1c(NCC2CCCCC2)nc2ccc(-c3ccc(F)cc3)nc2n1CC1CCCCC1. The second-order valence-electron chi connectivity index (χ2n) is 9.81. The van der Waals surface area contributed by atoms with Gasteiger partial charge in [0, 0.05) is 18.7 Å². The molecule has 0 amide bonds. The Morgan fingerprint density at radius 1 is 0.848 bits per heavy atom. The molecule has 0 atom stereocenters. The number of rotatable bonds is 6. The number of hydrogen-bond acceptors (Lipinski definition) is 4. The number of aromatic nitrogens is 3. The number of benzene rings is 1. The van der Waals surface area contributed by atoms with Crippen molar-refractivity contribution in [1.29, 1.82) is 0 Å². The van der Waals surface area contributed by atoms with E-state index in [-0.39, 0.29) is 11.4 Å². The Bertz CT molecular complexity index is 1150. The minimum absolute atomic E-state index is 0.0763. The lowest BCUT2D eigenvalue weighted by Crippen LogP contribution is -2.30. The summed E-state index contributed by atoms with van der Waals surface area (Å²) in [5.41, 5.74) is 2.82. The highest BCUT2D eigenvalue weighted by Crippen LogP contribution is 2.27. The average Bonchev–Trinajstić information content (AvgIpc) is 2.86. The van der Waals surface area contributed by atoms with Crippen LogP contribution < -0.4 is 10.9 Å². The molecule has 2 aromatic heterocycles. The van der Waals surface area contributed by atoms with Gasteiger partial charge in [-0.1, -0.05) is 38.5 Å². The number of hydrogen-bond donors (Lipinski definition) is 1. The third-order valence-electron chi connectivity index (χ3n) is 7.38. The van der Waals surface area contributed by atoms with Crippen molar-refractivity contribution in [3.05, 3.63) is 52.6 Å². The molecule has 6 heteroatoms. The topological polar surface area (TPSA) is 59.8 Å². The van der Waals surface area contributed by atoms with Crippen LogP contribution in [-0.4, -0.2) is 21.1 Å². The molecule has 0 bridgehead atoms. The molecule has 0 aliphatic heterocycles. The van der Waals surface area contributed by atoms with Gasteiger partial charge in [-0.25, -0.2) is 14.4 Å². The van der Waals surface area contributed by atoms with Gasteiger partial charge in [-0.2, -0.15) is 0 Å². The highest BCUT2D eigenvalue weighted by atomic mass is 19.1. The minimum Gasteiger partial charge on any atom is -0.365 e. The molecule has 0 saturated heterocycles. The molecular weight excluding hydrogens is 415 g/mol. The molecule has 0 spiro atoms. The van der Waals surface area contributed by atoms with E-state index in [4.69, 9.17) is 9.97 Å². The van der Waals surface area contributed by atoms with E-state index in [2.05, 4.69) is 5.32 Å². The van der Waals surface area contributed by atoms with Crippen LogP contribution in [0.5, 0.6) is 0 Å². The Morgan fingerprint density at radius 3 is 2.21 bits per heavy atom. The molecule has 33 heavy (non-hydrogen) atoms. The van der Waals surface area contributed by atoms with E-state index >= 15 is 0 Å². The normalized spacial score (nSPS) is 18.0. The van der Waals surface area contributed by atoms with Crippen molar-refractivity contribution in [2.24, 2.45) is 11.8 Å². The van der Waals surface area contributed by atoms with Crippen molar-refractivity contribution >= 4 is 17.0 Å². The molecule has 5 nitrogen and oxygen atoms in total. The monoisotopic (exact) mass is 448 g/mol. The van der Waals surface area contributed by atoms with Gasteiger partial charge in [-0.15, -0.1) is 0 Å². The molecule has 2 saturated carbocycles. The minimum atomic E-state index is -0.274. The largest absolute Gasteiger partial charge is 0.365 e. The van der Waals surface area contributed by atoms with E-state index in [9.17, 15) is 9.18 Å². The summed E-state index contributed by atoms with van der Waals surface area (Å²) in [5, 5.41) is 3.39. The highest BCUT2D eigenvalue weighted by molar-refractivity contribution is 5.76. The maximum absolute atomic E-state index is 13.6. The Kier molecular flexibility index (Phi) is 6.70. The lowest BCUT2D eigenvalue weighted by Gasteiger charge is -2.24. The van der Waals surface area contributed by atoms with Crippen molar-refractivity contribution in [3.8, 4) is 11.3 Å². The van der Waals surface area contributed by atoms with Gasteiger partial charge in [0.25, 0.3) is 5.56 Å². The van der Waals surface area contributed by atoms with E-state index in [1.807, 2.05) is 16.7 Å². The van der Waals surface area contributed by atoms with E-state index < -0.39 is 0 Å². The average molecular weight is 449 g/mol. The first-order valence-corrected chi connectivity index (χ1v) is 12.6. The first-order chi connectivity index (χ1) is 16.2. The second-order valence-corrected chi connectivity index (χ2v) is 9.81. The molecule has 174 valence electrons. The highest BCUT2D eigenvalue weighted by Gasteiger charge is 2.20. The van der Waals surface area contributed by atoms with Gasteiger partial charge in [0.05, 0.1) is 5.69 Å². The summed E-state index contributed by atoms with van der Waals surface area (Å²) in [4.78, 5) is 23.1. The van der Waals surface area contributed by atoms with Gasteiger partial charge in [0.1, 0.15) is 11.3 Å². The van der Waals surface area contributed by atoms with Gasteiger partial charge in [0.15, 0.2) is 11.5 Å². The van der Waals surface area contributed by atoms with E-state index in [0.717, 1.165) is 36.2 Å². The Balaban J connectivity index is 1.51. The molecule has 3 aromatic rings. The fourth-order valence-corrected chi connectivity index (χ4v) is 5.45. The number of halogens is 1. The molecule has 1 N–H and O–H groups in total. The Labute approximate surface area is 194 Å². The van der Waals surface area contributed by atoms with Gasteiger partial charge in [-0.3, -0.25) is 9.36 Å². The van der Waals surface area contributed by atoms with Crippen LogP contribution >= 0.6 is 0 Å². The van der Waals surface area contributed by atoms with Gasteiger partial charge in [0.2, 0.25) is 0 Å². The van der Waals surface area contributed by atoms with E-state index in [1.165, 1.54) is 63.5 Å². The molecule has 0 radical (unpaired) electrons. The van der Waals surface area contributed by atoms with Crippen LogP contribution in [0, 0.1) is 17.7 Å². The van der Waals surface area contributed by atoms with Crippen LogP contribution in [0.1, 0.15) is 64.2 Å². The first-order valence-electron chi connectivity index (χ1n) is 12.6. The maximum atomic E-state index is 13.6. The smallest absolute Gasteiger partial charge is 0.294 e. The van der Waals surface area contributed by atoms with Crippen molar-refractivity contribution in [2.75, 3.05) is 11.9 Å². The molecule has 2 heterocycles. The van der Waals surface area contributed by atoms with Crippen LogP contribution in [0.2, 0.25) is 0 Å². The molecule has 0 unspecified atom stereocenters. The van der Waals surface area contributed by atoms with Crippen LogP contribution in [0.25, 0.3) is 22.4 Å².